The standard InChI is InChI=1S/C12H18N4O3S/c1-13-12-14-7-9(8-15-12)20(17,18)16-5-6-19-11-4-2-3-10(11)16/h7-8,10-11H,2-6H2,1H3,(H,13,14,15). The van der Waals surface area contributed by atoms with Crippen molar-refractivity contribution in [1.29, 1.82) is 0 Å². The van der Waals surface area contributed by atoms with Crippen LogP contribution in [-0.4, -0.2) is 55.0 Å². The van der Waals surface area contributed by atoms with Gasteiger partial charge in [-0.1, -0.05) is 0 Å². The highest BCUT2D eigenvalue weighted by Gasteiger charge is 2.42. The summed E-state index contributed by atoms with van der Waals surface area (Å²) in [7, 11) is -1.85. The Morgan fingerprint density at radius 3 is 2.80 bits per heavy atom. The summed E-state index contributed by atoms with van der Waals surface area (Å²) in [5.41, 5.74) is 0. The fourth-order valence-corrected chi connectivity index (χ4v) is 4.46. The number of hydrogen-bond acceptors (Lipinski definition) is 6. The van der Waals surface area contributed by atoms with E-state index in [1.54, 1.807) is 11.4 Å². The summed E-state index contributed by atoms with van der Waals surface area (Å²) in [5.74, 6) is 0.407. The molecule has 0 spiro atoms. The number of ether oxygens (including phenoxy) is 1. The molecule has 1 aliphatic heterocycles. The van der Waals surface area contributed by atoms with Crippen LogP contribution in [-0.2, 0) is 14.8 Å². The molecule has 2 fully saturated rings. The third-order valence-corrected chi connectivity index (χ3v) is 5.77. The maximum absolute atomic E-state index is 12.7. The number of rotatable bonds is 3. The SMILES string of the molecule is CNc1ncc(S(=O)(=O)N2CCOC3CCCC32)cn1. The normalized spacial score (nSPS) is 27.2. The highest BCUT2D eigenvalue weighted by molar-refractivity contribution is 7.89. The average molecular weight is 298 g/mol. The Balaban J connectivity index is 1.89. The van der Waals surface area contributed by atoms with Gasteiger partial charge in [0.1, 0.15) is 4.90 Å². The van der Waals surface area contributed by atoms with Gasteiger partial charge in [0.25, 0.3) is 0 Å². The maximum Gasteiger partial charge on any atom is 0.246 e. The van der Waals surface area contributed by atoms with Gasteiger partial charge in [-0.2, -0.15) is 4.31 Å². The second kappa shape index (κ2) is 5.27. The smallest absolute Gasteiger partial charge is 0.246 e. The summed E-state index contributed by atoms with van der Waals surface area (Å²) in [6.07, 6.45) is 5.55. The Morgan fingerprint density at radius 1 is 1.35 bits per heavy atom. The van der Waals surface area contributed by atoms with Crippen LogP contribution in [0.15, 0.2) is 17.3 Å². The van der Waals surface area contributed by atoms with Crippen molar-refractivity contribution in [3.05, 3.63) is 12.4 Å². The lowest BCUT2D eigenvalue weighted by molar-refractivity contribution is -0.0241. The van der Waals surface area contributed by atoms with Crippen LogP contribution in [0.25, 0.3) is 0 Å². The van der Waals surface area contributed by atoms with E-state index in [2.05, 4.69) is 15.3 Å². The summed E-state index contributed by atoms with van der Waals surface area (Å²) in [6, 6.07) is -0.0438. The van der Waals surface area contributed by atoms with E-state index in [1.165, 1.54) is 12.4 Å². The number of hydrogen-bond donors (Lipinski definition) is 1. The molecule has 110 valence electrons. The van der Waals surface area contributed by atoms with Crippen molar-refractivity contribution in [2.75, 3.05) is 25.5 Å². The van der Waals surface area contributed by atoms with Gasteiger partial charge >= 0.3 is 0 Å². The Bertz CT molecular complexity index is 575. The predicted molar refractivity (Wildman–Crippen MR) is 72.8 cm³/mol. The molecule has 0 radical (unpaired) electrons. The molecular weight excluding hydrogens is 280 g/mol. The molecule has 1 aliphatic carbocycles. The quantitative estimate of drug-likeness (QED) is 0.872. The first-order valence-electron chi connectivity index (χ1n) is 6.76. The van der Waals surface area contributed by atoms with Crippen molar-refractivity contribution >= 4 is 16.0 Å². The van der Waals surface area contributed by atoms with E-state index < -0.39 is 10.0 Å². The van der Waals surface area contributed by atoms with Gasteiger partial charge in [-0.05, 0) is 19.3 Å². The molecule has 0 amide bonds. The predicted octanol–water partition coefficient (Wildman–Crippen LogP) is 0.460. The van der Waals surface area contributed by atoms with Gasteiger partial charge in [0.2, 0.25) is 16.0 Å². The number of sulfonamides is 1. The molecule has 0 aromatic carbocycles. The zero-order valence-corrected chi connectivity index (χ0v) is 12.1. The summed E-state index contributed by atoms with van der Waals surface area (Å²) in [5, 5.41) is 2.77. The molecule has 1 saturated carbocycles. The number of aromatic nitrogens is 2. The number of fused-ring (bicyclic) bond motifs is 1. The lowest BCUT2D eigenvalue weighted by atomic mass is 10.2. The summed E-state index contributed by atoms with van der Waals surface area (Å²) < 4.78 is 32.6. The highest BCUT2D eigenvalue weighted by atomic mass is 32.2. The fraction of sp³-hybridized carbons (Fsp3) is 0.667. The molecule has 2 unspecified atom stereocenters. The zero-order chi connectivity index (χ0) is 14.2. The van der Waals surface area contributed by atoms with Crippen molar-refractivity contribution in [3.8, 4) is 0 Å². The van der Waals surface area contributed by atoms with Crippen LogP contribution in [0.4, 0.5) is 5.95 Å². The van der Waals surface area contributed by atoms with E-state index in [-0.39, 0.29) is 17.0 Å². The Labute approximate surface area is 118 Å². The van der Waals surface area contributed by atoms with Crippen molar-refractivity contribution in [2.45, 2.75) is 36.3 Å². The third kappa shape index (κ3) is 2.27. The van der Waals surface area contributed by atoms with Crippen LogP contribution < -0.4 is 5.32 Å². The first kappa shape index (κ1) is 13.7. The van der Waals surface area contributed by atoms with Crippen LogP contribution in [0.5, 0.6) is 0 Å². The van der Waals surface area contributed by atoms with Crippen LogP contribution in [0.2, 0.25) is 0 Å². The second-order valence-electron chi connectivity index (χ2n) is 5.02. The molecule has 1 N–H and O–H groups in total. The van der Waals surface area contributed by atoms with Crippen LogP contribution >= 0.6 is 0 Å². The zero-order valence-electron chi connectivity index (χ0n) is 11.3. The van der Waals surface area contributed by atoms with Crippen molar-refractivity contribution in [1.82, 2.24) is 14.3 Å². The van der Waals surface area contributed by atoms with Gasteiger partial charge in [-0.15, -0.1) is 0 Å². The maximum atomic E-state index is 12.7. The van der Waals surface area contributed by atoms with Gasteiger partial charge in [0.15, 0.2) is 0 Å². The topological polar surface area (TPSA) is 84.4 Å². The molecule has 1 saturated heterocycles. The van der Waals surface area contributed by atoms with E-state index in [9.17, 15) is 8.42 Å². The Hall–Kier alpha value is -1.25. The highest BCUT2D eigenvalue weighted by Crippen LogP contribution is 2.33. The average Bonchev–Trinajstić information content (AvgIpc) is 2.95. The summed E-state index contributed by atoms with van der Waals surface area (Å²) in [6.45, 7) is 0.854. The van der Waals surface area contributed by atoms with Gasteiger partial charge in [0, 0.05) is 13.6 Å². The first-order chi connectivity index (χ1) is 9.63. The molecule has 2 aliphatic rings. The molecule has 7 nitrogen and oxygen atoms in total. The van der Waals surface area contributed by atoms with Crippen molar-refractivity contribution in [2.24, 2.45) is 0 Å². The van der Waals surface area contributed by atoms with E-state index >= 15 is 0 Å². The summed E-state index contributed by atoms with van der Waals surface area (Å²) in [4.78, 5) is 8.11. The number of anilines is 1. The van der Waals surface area contributed by atoms with Crippen LogP contribution in [0.1, 0.15) is 19.3 Å². The molecule has 0 bridgehead atoms. The fourth-order valence-electron chi connectivity index (χ4n) is 2.90. The number of nitrogens with zero attached hydrogens (tertiary/aromatic N) is 3. The van der Waals surface area contributed by atoms with E-state index in [0.29, 0.717) is 19.1 Å². The summed E-state index contributed by atoms with van der Waals surface area (Å²) >= 11 is 0. The molecule has 1 aromatic rings. The Kier molecular flexibility index (Phi) is 3.61. The third-order valence-electron chi connectivity index (χ3n) is 3.89. The van der Waals surface area contributed by atoms with Crippen LogP contribution in [0, 0.1) is 0 Å². The molecule has 2 heterocycles. The molecule has 20 heavy (non-hydrogen) atoms. The first-order valence-corrected chi connectivity index (χ1v) is 8.20. The molecule has 3 rings (SSSR count). The minimum Gasteiger partial charge on any atom is -0.375 e. The van der Waals surface area contributed by atoms with E-state index in [1.807, 2.05) is 0 Å². The molecular formula is C12H18N4O3S. The van der Waals surface area contributed by atoms with Crippen LogP contribution in [0.3, 0.4) is 0 Å². The van der Waals surface area contributed by atoms with Gasteiger partial charge in [-0.3, -0.25) is 0 Å². The van der Waals surface area contributed by atoms with Crippen molar-refractivity contribution < 1.29 is 13.2 Å². The second-order valence-corrected chi connectivity index (χ2v) is 6.91. The Morgan fingerprint density at radius 2 is 2.10 bits per heavy atom. The van der Waals surface area contributed by atoms with Crippen molar-refractivity contribution in [3.63, 3.8) is 0 Å². The van der Waals surface area contributed by atoms with Gasteiger partial charge in [0.05, 0.1) is 31.1 Å². The minimum absolute atomic E-state index is 0.0380. The van der Waals surface area contributed by atoms with E-state index in [4.69, 9.17) is 4.74 Å². The van der Waals surface area contributed by atoms with Gasteiger partial charge in [-0.25, -0.2) is 18.4 Å². The van der Waals surface area contributed by atoms with E-state index in [0.717, 1.165) is 19.3 Å². The number of nitrogens with one attached hydrogen (secondary N) is 1. The minimum atomic E-state index is -3.54. The lowest BCUT2D eigenvalue weighted by Crippen LogP contribution is -2.51. The lowest BCUT2D eigenvalue weighted by Gasteiger charge is -2.36. The number of morpholine rings is 1. The largest absolute Gasteiger partial charge is 0.375 e. The monoisotopic (exact) mass is 298 g/mol. The molecule has 2 atom stereocenters. The van der Waals surface area contributed by atoms with Gasteiger partial charge < -0.3 is 10.1 Å². The molecule has 1 aromatic heterocycles. The molecule has 8 heteroatoms.